The van der Waals surface area contributed by atoms with Crippen molar-refractivity contribution < 1.29 is 0 Å². The fraction of sp³-hybridized carbons (Fsp3) is 0.875. The minimum Gasteiger partial charge on any atom is -0.314 e. The number of piperazine rings is 1. The van der Waals surface area contributed by atoms with E-state index in [9.17, 15) is 0 Å². The van der Waals surface area contributed by atoms with Crippen LogP contribution in [0.15, 0.2) is 0 Å². The van der Waals surface area contributed by atoms with Crippen molar-refractivity contribution in [1.29, 1.82) is 0 Å². The molecule has 0 spiro atoms. The average Bonchev–Trinajstić information content (AvgIpc) is 2.21. The van der Waals surface area contributed by atoms with Crippen LogP contribution in [0.1, 0.15) is 0 Å². The monoisotopic (exact) mass is 186 g/mol. The Morgan fingerprint density at radius 3 is 3.08 bits per heavy atom. The summed E-state index contributed by atoms with van der Waals surface area (Å²) in [6.07, 6.45) is 0.589. The van der Waals surface area contributed by atoms with E-state index in [1.807, 2.05) is 0 Å². The number of hydrogen-bond donors (Lipinski definition) is 2. The van der Waals surface area contributed by atoms with Gasteiger partial charge in [-0.2, -0.15) is 11.8 Å². The lowest BCUT2D eigenvalue weighted by molar-refractivity contribution is 0.202. The Balaban J connectivity index is 1.80. The number of hydrogen-bond acceptors (Lipinski definition) is 4. The molecule has 0 amide bonds. The number of rotatable bonds is 1. The molecule has 1 radical (unpaired) electrons. The predicted molar refractivity (Wildman–Crippen MR) is 53.0 cm³/mol. The van der Waals surface area contributed by atoms with Crippen molar-refractivity contribution in [3.63, 3.8) is 0 Å². The van der Waals surface area contributed by atoms with E-state index >= 15 is 0 Å². The van der Waals surface area contributed by atoms with Crippen LogP contribution in [0.2, 0.25) is 0 Å². The molecule has 2 aliphatic rings. The normalized spacial score (nSPS) is 33.5. The highest BCUT2D eigenvalue weighted by Crippen LogP contribution is 2.12. The minimum atomic E-state index is 0.589. The molecule has 2 heterocycles. The second-order valence-corrected chi connectivity index (χ2v) is 4.32. The van der Waals surface area contributed by atoms with Gasteiger partial charge in [-0.3, -0.25) is 4.90 Å². The first-order valence-corrected chi connectivity index (χ1v) is 5.73. The Morgan fingerprint density at radius 2 is 2.42 bits per heavy atom. The molecule has 2 rings (SSSR count). The van der Waals surface area contributed by atoms with Gasteiger partial charge in [0.2, 0.25) is 0 Å². The smallest absolute Gasteiger partial charge is 0.0694 e. The van der Waals surface area contributed by atoms with Gasteiger partial charge in [0.15, 0.2) is 0 Å². The summed E-state index contributed by atoms with van der Waals surface area (Å²) in [4.78, 5) is 2.43. The summed E-state index contributed by atoms with van der Waals surface area (Å²) in [7, 11) is 0. The van der Waals surface area contributed by atoms with E-state index in [0.717, 1.165) is 26.2 Å². The van der Waals surface area contributed by atoms with Crippen LogP contribution in [-0.4, -0.2) is 48.8 Å². The molecule has 69 valence electrons. The molecule has 3 nitrogen and oxygen atoms in total. The molecule has 0 saturated carbocycles. The quantitative estimate of drug-likeness (QED) is 0.589. The van der Waals surface area contributed by atoms with Crippen molar-refractivity contribution in [2.75, 3.05) is 37.7 Å². The van der Waals surface area contributed by atoms with E-state index in [0.29, 0.717) is 6.17 Å². The molecule has 0 bridgehead atoms. The summed E-state index contributed by atoms with van der Waals surface area (Å²) in [5, 5.41) is 6.86. The summed E-state index contributed by atoms with van der Waals surface area (Å²) < 4.78 is 0. The molecule has 2 aliphatic heterocycles. The maximum absolute atomic E-state index is 3.53. The fourth-order valence-corrected chi connectivity index (χ4v) is 2.59. The maximum Gasteiger partial charge on any atom is 0.0694 e. The first-order chi connectivity index (χ1) is 5.97. The van der Waals surface area contributed by atoms with E-state index in [-0.39, 0.29) is 0 Å². The van der Waals surface area contributed by atoms with Gasteiger partial charge in [0.25, 0.3) is 0 Å². The molecule has 2 saturated heterocycles. The van der Waals surface area contributed by atoms with Gasteiger partial charge in [0, 0.05) is 44.2 Å². The maximum atomic E-state index is 3.53. The molecule has 12 heavy (non-hydrogen) atoms. The molecule has 0 aromatic carbocycles. The SMILES string of the molecule is [CH]1CNCCN1C1CSCCN1. The van der Waals surface area contributed by atoms with Crippen molar-refractivity contribution in [3.05, 3.63) is 6.54 Å². The lowest BCUT2D eigenvalue weighted by atomic mass is 10.3. The first-order valence-electron chi connectivity index (χ1n) is 4.58. The zero-order valence-corrected chi connectivity index (χ0v) is 8.07. The van der Waals surface area contributed by atoms with Gasteiger partial charge < -0.3 is 10.6 Å². The molecule has 0 aromatic heterocycles. The number of nitrogens with zero attached hydrogens (tertiary/aromatic N) is 1. The molecular weight excluding hydrogens is 170 g/mol. The van der Waals surface area contributed by atoms with E-state index in [2.05, 4.69) is 33.8 Å². The van der Waals surface area contributed by atoms with Crippen LogP contribution in [-0.2, 0) is 0 Å². The highest BCUT2D eigenvalue weighted by atomic mass is 32.2. The largest absolute Gasteiger partial charge is 0.314 e. The summed E-state index contributed by atoms with van der Waals surface area (Å²) in [5.41, 5.74) is 0. The highest BCUT2D eigenvalue weighted by Gasteiger charge is 2.21. The lowest BCUT2D eigenvalue weighted by Gasteiger charge is -2.36. The van der Waals surface area contributed by atoms with Crippen LogP contribution in [0.25, 0.3) is 0 Å². The highest BCUT2D eigenvalue weighted by molar-refractivity contribution is 7.99. The van der Waals surface area contributed by atoms with Gasteiger partial charge >= 0.3 is 0 Å². The Kier molecular flexibility index (Phi) is 3.28. The van der Waals surface area contributed by atoms with Gasteiger partial charge in [-0.25, -0.2) is 0 Å². The van der Waals surface area contributed by atoms with Gasteiger partial charge in [0.05, 0.1) is 6.17 Å². The van der Waals surface area contributed by atoms with Crippen molar-refractivity contribution in [3.8, 4) is 0 Å². The Hall–Kier alpha value is 0.230. The van der Waals surface area contributed by atoms with Crippen molar-refractivity contribution in [2.45, 2.75) is 6.17 Å². The van der Waals surface area contributed by atoms with Crippen molar-refractivity contribution in [1.82, 2.24) is 15.5 Å². The van der Waals surface area contributed by atoms with E-state index < -0.39 is 0 Å². The zero-order valence-electron chi connectivity index (χ0n) is 7.25. The van der Waals surface area contributed by atoms with Crippen LogP contribution in [0, 0.1) is 6.54 Å². The molecule has 0 aromatic rings. The van der Waals surface area contributed by atoms with E-state index in [1.165, 1.54) is 11.5 Å². The molecule has 2 N–H and O–H groups in total. The molecule has 0 aliphatic carbocycles. The number of nitrogens with one attached hydrogen (secondary N) is 2. The third kappa shape index (κ3) is 2.13. The summed E-state index contributed by atoms with van der Waals surface area (Å²) in [6.45, 7) is 6.74. The van der Waals surface area contributed by atoms with Crippen LogP contribution in [0.5, 0.6) is 0 Å². The van der Waals surface area contributed by atoms with Crippen LogP contribution < -0.4 is 10.6 Å². The second kappa shape index (κ2) is 4.46. The Morgan fingerprint density at radius 1 is 1.42 bits per heavy atom. The lowest BCUT2D eigenvalue weighted by Crippen LogP contribution is -2.54. The third-order valence-electron chi connectivity index (χ3n) is 2.32. The van der Waals surface area contributed by atoms with Gasteiger partial charge in [-0.1, -0.05) is 0 Å². The van der Waals surface area contributed by atoms with Gasteiger partial charge in [0.1, 0.15) is 0 Å². The average molecular weight is 186 g/mol. The van der Waals surface area contributed by atoms with Crippen molar-refractivity contribution >= 4 is 11.8 Å². The molecule has 1 unspecified atom stereocenters. The van der Waals surface area contributed by atoms with Crippen LogP contribution >= 0.6 is 11.8 Å². The standard InChI is InChI=1S/C8H16N3S/c1-4-11(5-2-9-1)8-7-12-6-3-10-8/h4,8-10H,1-3,5-7H2. The Labute approximate surface area is 78.3 Å². The topological polar surface area (TPSA) is 27.3 Å². The van der Waals surface area contributed by atoms with Crippen LogP contribution in [0.4, 0.5) is 0 Å². The zero-order chi connectivity index (χ0) is 8.23. The van der Waals surface area contributed by atoms with Crippen molar-refractivity contribution in [2.24, 2.45) is 0 Å². The number of thioether (sulfide) groups is 1. The van der Waals surface area contributed by atoms with E-state index in [4.69, 9.17) is 0 Å². The molecule has 1 atom stereocenters. The first kappa shape index (κ1) is 8.81. The van der Waals surface area contributed by atoms with Gasteiger partial charge in [-0.15, -0.1) is 0 Å². The third-order valence-corrected chi connectivity index (χ3v) is 3.36. The molecular formula is C8H16N3S. The van der Waals surface area contributed by atoms with Crippen LogP contribution in [0.3, 0.4) is 0 Å². The molecule has 4 heteroatoms. The second-order valence-electron chi connectivity index (χ2n) is 3.17. The Bertz CT molecular complexity index is 114. The van der Waals surface area contributed by atoms with E-state index in [1.54, 1.807) is 0 Å². The molecule has 2 fully saturated rings. The van der Waals surface area contributed by atoms with Gasteiger partial charge in [-0.05, 0) is 0 Å². The summed E-state index contributed by atoms with van der Waals surface area (Å²) in [5.74, 6) is 2.50. The summed E-state index contributed by atoms with van der Waals surface area (Å²) >= 11 is 2.05. The summed E-state index contributed by atoms with van der Waals surface area (Å²) in [6, 6.07) is 0. The predicted octanol–water partition coefficient (Wildman–Crippen LogP) is -0.284. The minimum absolute atomic E-state index is 0.589. The fourth-order valence-electron chi connectivity index (χ4n) is 1.63.